The van der Waals surface area contributed by atoms with Gasteiger partial charge in [-0.2, -0.15) is 0 Å². The molecule has 1 aromatic rings. The van der Waals surface area contributed by atoms with Gasteiger partial charge in [0.05, 0.1) is 0 Å². The number of thiophene rings is 1. The molecule has 0 aliphatic carbocycles. The highest BCUT2D eigenvalue weighted by Crippen LogP contribution is 2.34. The van der Waals surface area contributed by atoms with Crippen molar-refractivity contribution in [3.05, 3.63) is 21.9 Å². The largest absolute Gasteiger partial charge is 0.312 e. The summed E-state index contributed by atoms with van der Waals surface area (Å²) in [5.74, 6) is 0. The Labute approximate surface area is 128 Å². The first-order valence-electron chi connectivity index (χ1n) is 7.95. The van der Waals surface area contributed by atoms with Crippen molar-refractivity contribution in [2.75, 3.05) is 13.1 Å². The lowest BCUT2D eigenvalue weighted by Gasteiger charge is -2.38. The smallest absolute Gasteiger partial charge is 0.0333 e. The lowest BCUT2D eigenvalue weighted by Crippen LogP contribution is -2.41. The molecule has 1 aromatic heterocycles. The fourth-order valence-electron chi connectivity index (χ4n) is 3.16. The van der Waals surface area contributed by atoms with Crippen molar-refractivity contribution < 1.29 is 0 Å². The van der Waals surface area contributed by atoms with Crippen molar-refractivity contribution in [3.8, 4) is 0 Å². The molecule has 0 radical (unpaired) electrons. The van der Waals surface area contributed by atoms with Gasteiger partial charge in [0.15, 0.2) is 0 Å². The van der Waals surface area contributed by atoms with Gasteiger partial charge >= 0.3 is 0 Å². The molecule has 2 nitrogen and oxygen atoms in total. The highest BCUT2D eigenvalue weighted by atomic mass is 32.1. The van der Waals surface area contributed by atoms with Crippen LogP contribution in [0, 0.1) is 0 Å². The third-order valence-corrected chi connectivity index (χ3v) is 5.34. The summed E-state index contributed by atoms with van der Waals surface area (Å²) >= 11 is 1.93. The van der Waals surface area contributed by atoms with E-state index >= 15 is 0 Å². The van der Waals surface area contributed by atoms with E-state index in [1.54, 1.807) is 10.4 Å². The molecule has 2 unspecified atom stereocenters. The van der Waals surface area contributed by atoms with E-state index in [9.17, 15) is 0 Å². The maximum Gasteiger partial charge on any atom is 0.0333 e. The lowest BCUT2D eigenvalue weighted by molar-refractivity contribution is 0.136. The second-order valence-electron chi connectivity index (χ2n) is 7.13. The van der Waals surface area contributed by atoms with Crippen LogP contribution in [0.15, 0.2) is 11.4 Å². The summed E-state index contributed by atoms with van der Waals surface area (Å²) in [5, 5.41) is 5.84. The van der Waals surface area contributed by atoms with Crippen molar-refractivity contribution in [2.45, 2.75) is 71.5 Å². The van der Waals surface area contributed by atoms with Gasteiger partial charge in [0.25, 0.3) is 0 Å². The Morgan fingerprint density at radius 1 is 1.45 bits per heavy atom. The molecule has 0 spiro atoms. The molecule has 0 amide bonds. The van der Waals surface area contributed by atoms with Crippen molar-refractivity contribution in [2.24, 2.45) is 0 Å². The predicted octanol–water partition coefficient (Wildman–Crippen LogP) is 4.22. The summed E-state index contributed by atoms with van der Waals surface area (Å²) in [6, 6.07) is 3.60. The van der Waals surface area contributed by atoms with Gasteiger partial charge in [0.1, 0.15) is 0 Å². The number of rotatable bonds is 5. The Morgan fingerprint density at radius 3 is 2.90 bits per heavy atom. The Morgan fingerprint density at radius 2 is 2.20 bits per heavy atom. The Bertz CT molecular complexity index is 419. The van der Waals surface area contributed by atoms with E-state index < -0.39 is 0 Å². The fourth-order valence-corrected chi connectivity index (χ4v) is 4.12. The zero-order valence-corrected chi connectivity index (χ0v) is 14.5. The van der Waals surface area contributed by atoms with E-state index in [1.807, 2.05) is 11.3 Å². The van der Waals surface area contributed by atoms with Crippen LogP contribution in [0.25, 0.3) is 0 Å². The highest BCUT2D eigenvalue weighted by molar-refractivity contribution is 7.10. The Kier molecular flexibility index (Phi) is 5.27. The molecular formula is C17H30N2S. The van der Waals surface area contributed by atoms with E-state index in [2.05, 4.69) is 56.3 Å². The molecule has 0 bridgehead atoms. The van der Waals surface area contributed by atoms with Crippen LogP contribution in [0.4, 0.5) is 0 Å². The minimum atomic E-state index is 0.243. The van der Waals surface area contributed by atoms with Crippen molar-refractivity contribution in [1.82, 2.24) is 10.2 Å². The molecule has 0 fully saturated rings. The van der Waals surface area contributed by atoms with Gasteiger partial charge < -0.3 is 5.32 Å². The molecule has 114 valence electrons. The Hall–Kier alpha value is -0.380. The SMILES string of the molecule is CC(CCCNC(C)(C)C)N1CCc2sccc2C1C. The number of nitrogens with zero attached hydrogens (tertiary/aromatic N) is 1. The molecule has 20 heavy (non-hydrogen) atoms. The van der Waals surface area contributed by atoms with Crippen LogP contribution in [0.5, 0.6) is 0 Å². The third kappa shape index (κ3) is 4.06. The number of fused-ring (bicyclic) bond motifs is 1. The summed E-state index contributed by atoms with van der Waals surface area (Å²) < 4.78 is 0. The second-order valence-corrected chi connectivity index (χ2v) is 8.13. The highest BCUT2D eigenvalue weighted by Gasteiger charge is 2.27. The van der Waals surface area contributed by atoms with Crippen LogP contribution in [-0.2, 0) is 6.42 Å². The third-order valence-electron chi connectivity index (χ3n) is 4.34. The minimum absolute atomic E-state index is 0.243. The quantitative estimate of drug-likeness (QED) is 0.818. The maximum atomic E-state index is 3.59. The van der Waals surface area contributed by atoms with Crippen LogP contribution >= 0.6 is 11.3 Å². The first kappa shape index (κ1) is 16.0. The van der Waals surface area contributed by atoms with Crippen LogP contribution in [0.3, 0.4) is 0 Å². The van der Waals surface area contributed by atoms with Crippen molar-refractivity contribution in [3.63, 3.8) is 0 Å². The molecule has 1 aliphatic rings. The van der Waals surface area contributed by atoms with E-state index in [1.165, 1.54) is 25.8 Å². The zero-order chi connectivity index (χ0) is 14.8. The standard InChI is InChI=1S/C17H30N2S/c1-13(7-6-10-18-17(3,4)5)19-11-8-16-15(14(19)2)9-12-20-16/h9,12-14,18H,6-8,10-11H2,1-5H3. The molecule has 0 saturated heterocycles. The molecule has 0 saturated carbocycles. The monoisotopic (exact) mass is 294 g/mol. The normalized spacial score (nSPS) is 21.8. The van der Waals surface area contributed by atoms with E-state index in [4.69, 9.17) is 0 Å². The van der Waals surface area contributed by atoms with E-state index in [-0.39, 0.29) is 5.54 Å². The van der Waals surface area contributed by atoms with E-state index in [0.717, 1.165) is 6.54 Å². The first-order chi connectivity index (χ1) is 9.38. The van der Waals surface area contributed by atoms with Gasteiger partial charge in [0, 0.05) is 29.0 Å². The number of nitrogens with one attached hydrogen (secondary N) is 1. The average Bonchev–Trinajstić information content (AvgIpc) is 2.83. The van der Waals surface area contributed by atoms with E-state index in [0.29, 0.717) is 12.1 Å². The summed E-state index contributed by atoms with van der Waals surface area (Å²) in [5.41, 5.74) is 1.81. The summed E-state index contributed by atoms with van der Waals surface area (Å²) in [4.78, 5) is 4.29. The van der Waals surface area contributed by atoms with Gasteiger partial charge in [-0.3, -0.25) is 4.90 Å². The first-order valence-corrected chi connectivity index (χ1v) is 8.83. The minimum Gasteiger partial charge on any atom is -0.312 e. The molecule has 2 atom stereocenters. The Balaban J connectivity index is 1.80. The summed E-state index contributed by atoms with van der Waals surface area (Å²) in [6.45, 7) is 13.8. The predicted molar refractivity (Wildman–Crippen MR) is 89.6 cm³/mol. The van der Waals surface area contributed by atoms with Crippen LogP contribution in [-0.4, -0.2) is 29.6 Å². The number of hydrogen-bond acceptors (Lipinski definition) is 3. The molecular weight excluding hydrogens is 264 g/mol. The average molecular weight is 295 g/mol. The number of hydrogen-bond donors (Lipinski definition) is 1. The molecule has 3 heteroatoms. The molecule has 2 rings (SSSR count). The molecule has 2 heterocycles. The van der Waals surface area contributed by atoms with Gasteiger partial charge in [-0.05, 0) is 77.4 Å². The van der Waals surface area contributed by atoms with Crippen LogP contribution < -0.4 is 5.32 Å². The van der Waals surface area contributed by atoms with Gasteiger partial charge in [-0.25, -0.2) is 0 Å². The summed E-state index contributed by atoms with van der Waals surface area (Å²) in [6.07, 6.45) is 3.78. The van der Waals surface area contributed by atoms with Gasteiger partial charge in [0.2, 0.25) is 0 Å². The van der Waals surface area contributed by atoms with Crippen molar-refractivity contribution >= 4 is 11.3 Å². The fraction of sp³-hybridized carbons (Fsp3) is 0.765. The second kappa shape index (κ2) is 6.59. The van der Waals surface area contributed by atoms with Crippen LogP contribution in [0.2, 0.25) is 0 Å². The van der Waals surface area contributed by atoms with Gasteiger partial charge in [-0.15, -0.1) is 11.3 Å². The van der Waals surface area contributed by atoms with Crippen molar-refractivity contribution in [1.29, 1.82) is 0 Å². The summed E-state index contributed by atoms with van der Waals surface area (Å²) in [7, 11) is 0. The topological polar surface area (TPSA) is 15.3 Å². The zero-order valence-electron chi connectivity index (χ0n) is 13.7. The van der Waals surface area contributed by atoms with Gasteiger partial charge in [-0.1, -0.05) is 0 Å². The lowest BCUT2D eigenvalue weighted by atomic mass is 9.98. The van der Waals surface area contributed by atoms with Crippen LogP contribution in [0.1, 0.15) is 63.9 Å². The maximum absolute atomic E-state index is 3.59. The molecule has 1 N–H and O–H groups in total. The molecule has 0 aromatic carbocycles. The molecule has 1 aliphatic heterocycles.